The van der Waals surface area contributed by atoms with Crippen molar-refractivity contribution >= 4 is 11.7 Å². The molecule has 2 aliphatic rings. The molecule has 0 bridgehead atoms. The molecule has 2 aliphatic heterocycles. The van der Waals surface area contributed by atoms with Gasteiger partial charge in [0, 0.05) is 17.7 Å². The van der Waals surface area contributed by atoms with Gasteiger partial charge in [-0.3, -0.25) is 5.32 Å². The number of piperidine rings is 1. The summed E-state index contributed by atoms with van der Waals surface area (Å²) >= 11 is 0. The fourth-order valence-corrected chi connectivity index (χ4v) is 4.12. The van der Waals surface area contributed by atoms with E-state index in [4.69, 9.17) is 9.47 Å². The monoisotopic (exact) mass is 501 g/mol. The van der Waals surface area contributed by atoms with Crippen LogP contribution in [-0.2, 0) is 10.3 Å². The van der Waals surface area contributed by atoms with E-state index in [0.717, 1.165) is 0 Å². The smallest absolute Gasteiger partial charge is 0.421 e. The third-order valence-electron chi connectivity index (χ3n) is 5.89. The minimum atomic E-state index is -4.61. The summed E-state index contributed by atoms with van der Waals surface area (Å²) in [6.07, 6.45) is -4.38. The first-order valence-corrected chi connectivity index (χ1v) is 11.0. The molecule has 0 radical (unpaired) electrons. The zero-order valence-electron chi connectivity index (χ0n) is 18.4. The number of amides is 2. The molecule has 35 heavy (non-hydrogen) atoms. The molecule has 2 heterocycles. The molecule has 2 aromatic carbocycles. The van der Waals surface area contributed by atoms with E-state index < -0.39 is 36.7 Å². The Morgan fingerprint density at radius 1 is 1.14 bits per heavy atom. The lowest BCUT2D eigenvalue weighted by Gasteiger charge is -2.44. The number of hydrogen-bond donors (Lipinski definition) is 3. The van der Waals surface area contributed by atoms with Gasteiger partial charge in [0.15, 0.2) is 11.8 Å². The van der Waals surface area contributed by atoms with Gasteiger partial charge in [-0.1, -0.05) is 18.2 Å². The number of rotatable bonds is 7. The van der Waals surface area contributed by atoms with E-state index in [-0.39, 0.29) is 30.1 Å². The van der Waals surface area contributed by atoms with Crippen molar-refractivity contribution in [3.05, 3.63) is 54.1 Å². The molecule has 190 valence electrons. The van der Waals surface area contributed by atoms with Gasteiger partial charge in [0.2, 0.25) is 0 Å². The van der Waals surface area contributed by atoms with Crippen LogP contribution in [-0.4, -0.2) is 44.2 Å². The van der Waals surface area contributed by atoms with Gasteiger partial charge in [0.05, 0.1) is 12.6 Å². The highest BCUT2D eigenvalue weighted by atomic mass is 19.4. The lowest BCUT2D eigenvalue weighted by molar-refractivity contribution is -0.334. The number of anilines is 1. The highest BCUT2D eigenvalue weighted by molar-refractivity contribution is 5.89. The number of ether oxygens (including phenoxy) is 3. The highest BCUT2D eigenvalue weighted by Gasteiger charge is 2.62. The Morgan fingerprint density at radius 3 is 2.49 bits per heavy atom. The summed E-state index contributed by atoms with van der Waals surface area (Å²) in [5.74, 6) is -0.0348. The normalized spacial score (nSPS) is 24.4. The van der Waals surface area contributed by atoms with Crippen LogP contribution >= 0.6 is 0 Å². The third-order valence-corrected chi connectivity index (χ3v) is 5.89. The number of carbonyl (C=O) groups is 1. The SMILES string of the molecule is O=C(Nc1ccc(OC(F)F)cc1)NC1CCCNC1Oc1ccccc1C1(C(F)(F)F)CCO1. The van der Waals surface area contributed by atoms with Gasteiger partial charge in [-0.15, -0.1) is 0 Å². The second kappa shape index (κ2) is 10.2. The number of benzene rings is 2. The van der Waals surface area contributed by atoms with Gasteiger partial charge in [0.25, 0.3) is 0 Å². The maximum atomic E-state index is 13.8. The number of nitrogens with one attached hydrogen (secondary N) is 3. The first-order chi connectivity index (χ1) is 16.7. The number of para-hydroxylation sites is 1. The van der Waals surface area contributed by atoms with Crippen molar-refractivity contribution in [2.24, 2.45) is 0 Å². The number of halogens is 5. The molecular weight excluding hydrogens is 477 g/mol. The molecule has 2 fully saturated rings. The highest BCUT2D eigenvalue weighted by Crippen LogP contribution is 2.52. The maximum Gasteiger partial charge on any atom is 0.421 e. The summed E-state index contributed by atoms with van der Waals surface area (Å²) in [4.78, 5) is 12.5. The predicted octanol–water partition coefficient (Wildman–Crippen LogP) is 4.74. The van der Waals surface area contributed by atoms with Crippen molar-refractivity contribution < 1.29 is 41.0 Å². The van der Waals surface area contributed by atoms with E-state index in [9.17, 15) is 26.7 Å². The molecule has 2 aromatic rings. The first kappa shape index (κ1) is 25.0. The van der Waals surface area contributed by atoms with E-state index in [1.54, 1.807) is 6.07 Å². The molecule has 0 aromatic heterocycles. The van der Waals surface area contributed by atoms with Gasteiger partial charge in [-0.25, -0.2) is 4.79 Å². The van der Waals surface area contributed by atoms with Crippen molar-refractivity contribution in [2.45, 2.75) is 49.9 Å². The molecule has 4 rings (SSSR count). The average molecular weight is 501 g/mol. The van der Waals surface area contributed by atoms with Gasteiger partial charge >= 0.3 is 18.8 Å². The second-order valence-electron chi connectivity index (χ2n) is 8.16. The van der Waals surface area contributed by atoms with E-state index in [2.05, 4.69) is 20.7 Å². The second-order valence-corrected chi connectivity index (χ2v) is 8.16. The van der Waals surface area contributed by atoms with Crippen LogP contribution in [0.4, 0.5) is 32.4 Å². The van der Waals surface area contributed by atoms with Crippen LogP contribution in [0.2, 0.25) is 0 Å². The molecule has 3 N–H and O–H groups in total. The van der Waals surface area contributed by atoms with E-state index in [1.807, 2.05) is 0 Å². The number of hydrogen-bond acceptors (Lipinski definition) is 5. The Balaban J connectivity index is 1.43. The van der Waals surface area contributed by atoms with Crippen molar-refractivity contribution in [3.8, 4) is 11.5 Å². The Labute approximate surface area is 197 Å². The average Bonchev–Trinajstić information content (AvgIpc) is 2.75. The number of alkyl halides is 5. The topological polar surface area (TPSA) is 80.9 Å². The van der Waals surface area contributed by atoms with Crippen molar-refractivity contribution in [3.63, 3.8) is 0 Å². The van der Waals surface area contributed by atoms with Crippen molar-refractivity contribution in [1.82, 2.24) is 10.6 Å². The largest absolute Gasteiger partial charge is 0.473 e. The summed E-state index contributed by atoms with van der Waals surface area (Å²) in [5, 5.41) is 8.43. The van der Waals surface area contributed by atoms with Crippen LogP contribution in [0.1, 0.15) is 24.8 Å². The summed E-state index contributed by atoms with van der Waals surface area (Å²) < 4.78 is 81.3. The molecule has 0 spiro atoms. The molecule has 3 unspecified atom stereocenters. The van der Waals surface area contributed by atoms with E-state index in [1.165, 1.54) is 42.5 Å². The van der Waals surface area contributed by atoms with Crippen molar-refractivity contribution in [1.29, 1.82) is 0 Å². The van der Waals surface area contributed by atoms with Gasteiger partial charge in [-0.05, 0) is 49.7 Å². The molecule has 7 nitrogen and oxygen atoms in total. The fourth-order valence-electron chi connectivity index (χ4n) is 4.12. The van der Waals surface area contributed by atoms with Crippen LogP contribution < -0.4 is 25.4 Å². The van der Waals surface area contributed by atoms with Crippen LogP contribution in [0.25, 0.3) is 0 Å². The van der Waals surface area contributed by atoms with Crippen LogP contribution in [0, 0.1) is 0 Å². The molecule has 0 aliphatic carbocycles. The van der Waals surface area contributed by atoms with Crippen LogP contribution in [0.15, 0.2) is 48.5 Å². The molecular formula is C23H24F5N3O4. The minimum absolute atomic E-state index is 0.00485. The number of urea groups is 1. The van der Waals surface area contributed by atoms with Crippen LogP contribution in [0.5, 0.6) is 11.5 Å². The number of carbonyl (C=O) groups excluding carboxylic acids is 1. The molecule has 2 saturated heterocycles. The zero-order chi connectivity index (χ0) is 25.1. The standard InChI is InChI=1S/C23H24F5N3O4/c24-20(25)34-15-9-7-14(8-10-15)30-21(32)31-17-5-3-12-29-19(17)35-18-6-2-1-4-16(18)22(11-13-33-22)23(26,27)28/h1-2,4,6-10,17,19-20,29H,3,5,11-13H2,(H2,30,31,32). The molecule has 0 saturated carbocycles. The summed E-state index contributed by atoms with van der Waals surface area (Å²) in [6.45, 7) is -2.41. The molecule has 3 atom stereocenters. The fraction of sp³-hybridized carbons (Fsp3) is 0.435. The summed E-state index contributed by atoms with van der Waals surface area (Å²) in [5.41, 5.74) is -2.19. The summed E-state index contributed by atoms with van der Waals surface area (Å²) in [6, 6.07) is 10.1. The van der Waals surface area contributed by atoms with Crippen LogP contribution in [0.3, 0.4) is 0 Å². The molecule has 2 amide bonds. The summed E-state index contributed by atoms with van der Waals surface area (Å²) in [7, 11) is 0. The van der Waals surface area contributed by atoms with Gasteiger partial charge in [-0.2, -0.15) is 22.0 Å². The Kier molecular flexibility index (Phi) is 7.31. The lowest BCUT2D eigenvalue weighted by Crippen LogP contribution is -2.57. The van der Waals surface area contributed by atoms with Crippen molar-refractivity contribution in [2.75, 3.05) is 18.5 Å². The predicted molar refractivity (Wildman–Crippen MR) is 115 cm³/mol. The quantitative estimate of drug-likeness (QED) is 0.478. The van der Waals surface area contributed by atoms with Gasteiger partial charge < -0.3 is 24.8 Å². The minimum Gasteiger partial charge on any atom is -0.473 e. The Bertz CT molecular complexity index is 1010. The van der Waals surface area contributed by atoms with E-state index in [0.29, 0.717) is 25.1 Å². The maximum absolute atomic E-state index is 13.8. The van der Waals surface area contributed by atoms with E-state index >= 15 is 0 Å². The lowest BCUT2D eigenvalue weighted by atomic mass is 9.85. The van der Waals surface area contributed by atoms with Gasteiger partial charge in [0.1, 0.15) is 11.5 Å². The Morgan fingerprint density at radius 2 is 1.86 bits per heavy atom. The third kappa shape index (κ3) is 5.59. The zero-order valence-corrected chi connectivity index (χ0v) is 18.4. The Hall–Kier alpha value is -3.12. The molecule has 12 heteroatoms. The first-order valence-electron chi connectivity index (χ1n) is 11.0.